The highest BCUT2D eigenvalue weighted by atomic mass is 79.9. The van der Waals surface area contributed by atoms with E-state index in [1.165, 1.54) is 0 Å². The Morgan fingerprint density at radius 2 is 1.96 bits per heavy atom. The van der Waals surface area contributed by atoms with Gasteiger partial charge in [-0.25, -0.2) is 0 Å². The number of benzene rings is 1. The van der Waals surface area contributed by atoms with Gasteiger partial charge in [-0.15, -0.1) is 0 Å². The van der Waals surface area contributed by atoms with E-state index in [-0.39, 0.29) is 17.1 Å². The minimum atomic E-state index is -0.306. The van der Waals surface area contributed by atoms with E-state index in [0.717, 1.165) is 10.0 Å². The molecule has 1 amide bonds. The second-order valence-corrected chi connectivity index (χ2v) is 7.80. The smallest absolute Gasteiger partial charge is 0.291 e. The SMILES string of the molecule is Cc1c(C(=O)Nc2ccc(Br)cc2)oc2c1/C(=N\O)CC(C)(C)C2. The Labute approximate surface area is 148 Å². The summed E-state index contributed by atoms with van der Waals surface area (Å²) in [6.07, 6.45) is 1.35. The number of anilines is 1. The fraction of sp³-hybridized carbons (Fsp3) is 0.333. The Morgan fingerprint density at radius 3 is 2.58 bits per heavy atom. The van der Waals surface area contributed by atoms with Gasteiger partial charge in [-0.2, -0.15) is 0 Å². The molecule has 0 atom stereocenters. The summed E-state index contributed by atoms with van der Waals surface area (Å²) in [7, 11) is 0. The van der Waals surface area contributed by atoms with Crippen molar-refractivity contribution in [1.82, 2.24) is 0 Å². The van der Waals surface area contributed by atoms with Gasteiger partial charge in [-0.05, 0) is 43.0 Å². The van der Waals surface area contributed by atoms with Gasteiger partial charge in [0, 0.05) is 27.7 Å². The number of halogens is 1. The first-order valence-corrected chi connectivity index (χ1v) is 8.50. The van der Waals surface area contributed by atoms with Crippen molar-refractivity contribution in [2.45, 2.75) is 33.6 Å². The number of rotatable bonds is 2. The molecule has 0 spiro atoms. The molecule has 0 fully saturated rings. The molecule has 0 saturated carbocycles. The molecule has 126 valence electrons. The van der Waals surface area contributed by atoms with Gasteiger partial charge in [0.15, 0.2) is 5.76 Å². The average molecular weight is 391 g/mol. The molecule has 2 N–H and O–H groups in total. The van der Waals surface area contributed by atoms with Crippen LogP contribution in [0.25, 0.3) is 0 Å². The van der Waals surface area contributed by atoms with E-state index in [4.69, 9.17) is 4.42 Å². The molecule has 1 aliphatic rings. The van der Waals surface area contributed by atoms with Crippen molar-refractivity contribution in [2.75, 3.05) is 5.32 Å². The van der Waals surface area contributed by atoms with E-state index in [1.54, 1.807) is 0 Å². The maximum atomic E-state index is 12.6. The Hall–Kier alpha value is -2.08. The van der Waals surface area contributed by atoms with E-state index in [1.807, 2.05) is 31.2 Å². The van der Waals surface area contributed by atoms with Crippen molar-refractivity contribution in [3.8, 4) is 0 Å². The van der Waals surface area contributed by atoms with Gasteiger partial charge in [0.2, 0.25) is 0 Å². The number of amides is 1. The summed E-state index contributed by atoms with van der Waals surface area (Å²) in [6, 6.07) is 7.33. The number of fused-ring (bicyclic) bond motifs is 1. The van der Waals surface area contributed by atoms with Crippen molar-refractivity contribution >= 4 is 33.2 Å². The van der Waals surface area contributed by atoms with Gasteiger partial charge in [0.05, 0.1) is 5.71 Å². The number of furan rings is 1. The fourth-order valence-corrected chi connectivity index (χ4v) is 3.40. The number of hydrogen-bond acceptors (Lipinski definition) is 4. The van der Waals surface area contributed by atoms with E-state index in [0.29, 0.717) is 35.6 Å². The fourth-order valence-electron chi connectivity index (χ4n) is 3.14. The van der Waals surface area contributed by atoms with Gasteiger partial charge in [0.1, 0.15) is 5.76 Å². The first-order chi connectivity index (χ1) is 11.3. The minimum absolute atomic E-state index is 0.0711. The summed E-state index contributed by atoms with van der Waals surface area (Å²) in [6.45, 7) is 5.99. The Morgan fingerprint density at radius 1 is 1.29 bits per heavy atom. The highest BCUT2D eigenvalue weighted by Gasteiger charge is 2.36. The highest BCUT2D eigenvalue weighted by molar-refractivity contribution is 9.10. The van der Waals surface area contributed by atoms with Crippen LogP contribution >= 0.6 is 15.9 Å². The normalized spacial score (nSPS) is 17.6. The molecule has 3 rings (SSSR count). The van der Waals surface area contributed by atoms with Crippen LogP contribution in [0.15, 0.2) is 38.3 Å². The molecule has 0 saturated heterocycles. The zero-order valence-electron chi connectivity index (χ0n) is 13.8. The molecule has 1 aliphatic carbocycles. The molecule has 5 nitrogen and oxygen atoms in total. The van der Waals surface area contributed by atoms with Gasteiger partial charge in [-0.3, -0.25) is 4.79 Å². The standard InChI is InChI=1S/C18H19BrN2O3/c1-10-15-13(21-23)8-18(2,3)9-14(15)24-16(10)17(22)20-12-6-4-11(19)5-7-12/h4-7,23H,8-9H2,1-3H3,(H,20,22)/b21-13-. The number of carbonyl (C=O) groups excluding carboxylic acids is 1. The van der Waals surface area contributed by atoms with Gasteiger partial charge in [-0.1, -0.05) is 34.9 Å². The molecule has 24 heavy (non-hydrogen) atoms. The molecular weight excluding hydrogens is 372 g/mol. The monoisotopic (exact) mass is 390 g/mol. The number of hydrogen-bond donors (Lipinski definition) is 2. The summed E-state index contributed by atoms with van der Waals surface area (Å²) < 4.78 is 6.79. The van der Waals surface area contributed by atoms with Crippen molar-refractivity contribution < 1.29 is 14.4 Å². The molecule has 6 heteroatoms. The van der Waals surface area contributed by atoms with Crippen LogP contribution in [0.5, 0.6) is 0 Å². The summed E-state index contributed by atoms with van der Waals surface area (Å²) in [5.74, 6) is 0.665. The number of carbonyl (C=O) groups is 1. The quantitative estimate of drug-likeness (QED) is 0.573. The second kappa shape index (κ2) is 6.09. The van der Waals surface area contributed by atoms with Crippen molar-refractivity contribution in [3.05, 3.63) is 51.4 Å². The third-order valence-electron chi connectivity index (χ3n) is 4.22. The van der Waals surface area contributed by atoms with Gasteiger partial charge >= 0.3 is 0 Å². The maximum absolute atomic E-state index is 12.6. The molecule has 0 radical (unpaired) electrons. The Balaban J connectivity index is 1.94. The van der Waals surface area contributed by atoms with E-state index in [2.05, 4.69) is 40.2 Å². The third kappa shape index (κ3) is 3.11. The first kappa shape index (κ1) is 16.8. The van der Waals surface area contributed by atoms with Crippen LogP contribution in [0.3, 0.4) is 0 Å². The topological polar surface area (TPSA) is 74.8 Å². The summed E-state index contributed by atoms with van der Waals surface area (Å²) in [5.41, 5.74) is 2.66. The van der Waals surface area contributed by atoms with Crippen LogP contribution < -0.4 is 5.32 Å². The molecule has 1 aromatic heterocycles. The van der Waals surface area contributed by atoms with Gasteiger partial charge < -0.3 is 14.9 Å². The summed E-state index contributed by atoms with van der Waals surface area (Å²) in [4.78, 5) is 12.6. The lowest BCUT2D eigenvalue weighted by Crippen LogP contribution is -2.27. The maximum Gasteiger partial charge on any atom is 0.291 e. The minimum Gasteiger partial charge on any atom is -0.455 e. The second-order valence-electron chi connectivity index (χ2n) is 6.88. The Bertz CT molecular complexity index is 820. The molecule has 2 aromatic rings. The number of nitrogens with zero attached hydrogens (tertiary/aromatic N) is 1. The van der Waals surface area contributed by atoms with Crippen LogP contribution in [-0.2, 0) is 6.42 Å². The molecule has 0 aliphatic heterocycles. The van der Waals surface area contributed by atoms with Crippen molar-refractivity contribution in [3.63, 3.8) is 0 Å². The van der Waals surface area contributed by atoms with Gasteiger partial charge in [0.25, 0.3) is 5.91 Å². The van der Waals surface area contributed by atoms with Crippen LogP contribution in [0.2, 0.25) is 0 Å². The van der Waals surface area contributed by atoms with Crippen LogP contribution in [0.1, 0.15) is 47.7 Å². The number of oxime groups is 1. The molecular formula is C18H19BrN2O3. The van der Waals surface area contributed by atoms with Crippen molar-refractivity contribution in [1.29, 1.82) is 0 Å². The lowest BCUT2D eigenvalue weighted by molar-refractivity contribution is 0.0993. The largest absolute Gasteiger partial charge is 0.455 e. The van der Waals surface area contributed by atoms with Crippen LogP contribution in [0, 0.1) is 12.3 Å². The highest BCUT2D eigenvalue weighted by Crippen LogP contribution is 2.38. The van der Waals surface area contributed by atoms with E-state index < -0.39 is 0 Å². The molecule has 0 bridgehead atoms. The predicted molar refractivity (Wildman–Crippen MR) is 96.0 cm³/mol. The average Bonchev–Trinajstić information content (AvgIpc) is 2.84. The van der Waals surface area contributed by atoms with E-state index in [9.17, 15) is 10.0 Å². The lowest BCUT2D eigenvalue weighted by atomic mass is 9.75. The zero-order chi connectivity index (χ0) is 17.5. The summed E-state index contributed by atoms with van der Waals surface area (Å²) in [5, 5.41) is 15.6. The number of nitrogens with one attached hydrogen (secondary N) is 1. The molecule has 0 unspecified atom stereocenters. The molecule has 1 aromatic carbocycles. The zero-order valence-corrected chi connectivity index (χ0v) is 15.4. The summed E-state index contributed by atoms with van der Waals surface area (Å²) >= 11 is 3.36. The van der Waals surface area contributed by atoms with Crippen LogP contribution in [0.4, 0.5) is 5.69 Å². The van der Waals surface area contributed by atoms with Crippen molar-refractivity contribution in [2.24, 2.45) is 10.6 Å². The van der Waals surface area contributed by atoms with E-state index >= 15 is 0 Å². The predicted octanol–water partition coefficient (Wildman–Crippen LogP) is 4.75. The van der Waals surface area contributed by atoms with Crippen LogP contribution in [-0.4, -0.2) is 16.8 Å². The molecule has 1 heterocycles. The lowest BCUT2D eigenvalue weighted by Gasteiger charge is -2.28. The third-order valence-corrected chi connectivity index (χ3v) is 4.75. The first-order valence-electron chi connectivity index (χ1n) is 7.71. The Kier molecular flexibility index (Phi) is 4.25.